The summed E-state index contributed by atoms with van der Waals surface area (Å²) in [6, 6.07) is 17.1. The molecule has 0 amide bonds. The van der Waals surface area contributed by atoms with E-state index in [-0.39, 0.29) is 0 Å². The van der Waals surface area contributed by atoms with Crippen molar-refractivity contribution in [2.45, 2.75) is 0 Å². The minimum atomic E-state index is 0.685. The molecule has 0 nitrogen and oxygen atoms in total. The minimum absolute atomic E-state index is 0.685. The van der Waals surface area contributed by atoms with E-state index < -0.39 is 0 Å². The van der Waals surface area contributed by atoms with Crippen molar-refractivity contribution >= 4 is 27.5 Å². The van der Waals surface area contributed by atoms with Crippen LogP contribution in [0.15, 0.2) is 46.9 Å². The third-order valence-corrected chi connectivity index (χ3v) is 3.10. The average Bonchev–Trinajstić information content (AvgIpc) is 2.23. The van der Waals surface area contributed by atoms with E-state index >= 15 is 0 Å². The lowest BCUT2D eigenvalue weighted by atomic mass is 10.1. The summed E-state index contributed by atoms with van der Waals surface area (Å²) in [4.78, 5) is 0. The minimum Gasteiger partial charge on any atom is -0.0831 e. The molecule has 0 fully saturated rings. The van der Waals surface area contributed by atoms with E-state index in [2.05, 4.69) is 22.0 Å². The Bertz CT molecular complexity index is 437. The Morgan fingerprint density at radius 1 is 1.00 bits per heavy atom. The van der Waals surface area contributed by atoms with Gasteiger partial charge in [0.15, 0.2) is 0 Å². The van der Waals surface area contributed by atoms with E-state index in [1.165, 1.54) is 0 Å². The van der Waals surface area contributed by atoms with Crippen molar-refractivity contribution in [2.75, 3.05) is 0 Å². The highest BCUT2D eigenvalue weighted by Gasteiger charge is 2.01. The summed E-state index contributed by atoms with van der Waals surface area (Å²) in [6.45, 7) is 0. The molecule has 0 heterocycles. The molecular formula is C12H7BrCl. The number of benzene rings is 2. The highest BCUT2D eigenvalue weighted by atomic mass is 79.9. The summed E-state index contributed by atoms with van der Waals surface area (Å²) in [5.74, 6) is 0. The third kappa shape index (κ3) is 1.99. The summed E-state index contributed by atoms with van der Waals surface area (Å²) in [7, 11) is 0. The van der Waals surface area contributed by atoms with Crippen LogP contribution in [0.5, 0.6) is 0 Å². The number of halogens is 2. The van der Waals surface area contributed by atoms with Crippen molar-refractivity contribution in [3.8, 4) is 11.1 Å². The second kappa shape index (κ2) is 4.16. The first-order valence-electron chi connectivity index (χ1n) is 4.20. The van der Waals surface area contributed by atoms with E-state index in [9.17, 15) is 0 Å². The number of hydrogen-bond acceptors (Lipinski definition) is 0. The maximum Gasteiger partial charge on any atom is 0.0554 e. The standard InChI is InChI=1S/C12H7BrCl/c13-11-8-10(6-7-12(11)14)9-4-2-1-3-5-9/h1-7H. The normalized spacial score (nSPS) is 10.1. The van der Waals surface area contributed by atoms with E-state index in [0.29, 0.717) is 5.02 Å². The summed E-state index contributed by atoms with van der Waals surface area (Å²) in [6.07, 6.45) is 0. The Labute approximate surface area is 96.7 Å². The highest BCUT2D eigenvalue weighted by Crippen LogP contribution is 2.27. The van der Waals surface area contributed by atoms with Crippen molar-refractivity contribution in [2.24, 2.45) is 0 Å². The van der Waals surface area contributed by atoms with E-state index in [1.54, 1.807) is 0 Å². The molecule has 14 heavy (non-hydrogen) atoms. The van der Waals surface area contributed by atoms with E-state index in [1.807, 2.05) is 42.5 Å². The topological polar surface area (TPSA) is 0 Å². The van der Waals surface area contributed by atoms with Gasteiger partial charge >= 0.3 is 0 Å². The fraction of sp³-hybridized carbons (Fsp3) is 0. The van der Waals surface area contributed by atoms with Gasteiger partial charge in [0.2, 0.25) is 0 Å². The first kappa shape index (κ1) is 9.75. The van der Waals surface area contributed by atoms with Gasteiger partial charge in [-0.1, -0.05) is 48.0 Å². The van der Waals surface area contributed by atoms with Crippen LogP contribution >= 0.6 is 27.5 Å². The summed E-state index contributed by atoms with van der Waals surface area (Å²) in [5, 5.41) is 0.685. The smallest absolute Gasteiger partial charge is 0.0554 e. The summed E-state index contributed by atoms with van der Waals surface area (Å²) in [5.41, 5.74) is 2.19. The molecule has 0 saturated carbocycles. The molecule has 0 aliphatic rings. The Morgan fingerprint density at radius 3 is 2.36 bits per heavy atom. The summed E-state index contributed by atoms with van der Waals surface area (Å²) >= 11 is 9.25. The second-order valence-electron chi connectivity index (χ2n) is 2.90. The predicted octanol–water partition coefficient (Wildman–Crippen LogP) is 4.57. The molecule has 1 radical (unpaired) electrons. The quantitative estimate of drug-likeness (QED) is 0.709. The van der Waals surface area contributed by atoms with Crippen molar-refractivity contribution in [1.29, 1.82) is 0 Å². The Hall–Kier alpha value is -0.790. The molecule has 0 unspecified atom stereocenters. The van der Waals surface area contributed by atoms with Gasteiger partial charge in [0.05, 0.1) is 5.02 Å². The molecule has 2 heteroatoms. The van der Waals surface area contributed by atoms with E-state index in [4.69, 9.17) is 11.6 Å². The molecule has 2 rings (SSSR count). The van der Waals surface area contributed by atoms with Crippen LogP contribution in [0.1, 0.15) is 0 Å². The van der Waals surface area contributed by atoms with Gasteiger partial charge < -0.3 is 0 Å². The van der Waals surface area contributed by atoms with Crippen LogP contribution in [0.25, 0.3) is 11.1 Å². The van der Waals surface area contributed by atoms with Crippen LogP contribution in [0.4, 0.5) is 0 Å². The molecule has 0 spiro atoms. The lowest BCUT2D eigenvalue weighted by Gasteiger charge is -2.02. The van der Waals surface area contributed by atoms with Crippen LogP contribution in [0.3, 0.4) is 0 Å². The molecule has 0 saturated heterocycles. The van der Waals surface area contributed by atoms with Crippen molar-refractivity contribution in [3.05, 3.63) is 58.0 Å². The van der Waals surface area contributed by atoms with Crippen molar-refractivity contribution in [1.82, 2.24) is 0 Å². The van der Waals surface area contributed by atoms with Gasteiger partial charge in [-0.05, 0) is 33.1 Å². The molecule has 69 valence electrons. The zero-order chi connectivity index (χ0) is 9.97. The van der Waals surface area contributed by atoms with Crippen LogP contribution in [0.2, 0.25) is 5.02 Å². The molecule has 0 aromatic heterocycles. The fourth-order valence-corrected chi connectivity index (χ4v) is 1.69. The van der Waals surface area contributed by atoms with Crippen LogP contribution in [0, 0.1) is 6.07 Å². The lowest BCUT2D eigenvalue weighted by Crippen LogP contribution is -1.78. The van der Waals surface area contributed by atoms with Crippen LogP contribution in [-0.4, -0.2) is 0 Å². The number of hydrogen-bond donors (Lipinski definition) is 0. The van der Waals surface area contributed by atoms with Crippen LogP contribution < -0.4 is 0 Å². The Morgan fingerprint density at radius 2 is 1.71 bits per heavy atom. The zero-order valence-corrected chi connectivity index (χ0v) is 9.64. The highest BCUT2D eigenvalue weighted by molar-refractivity contribution is 9.10. The van der Waals surface area contributed by atoms with Gasteiger partial charge in [-0.25, -0.2) is 0 Å². The molecule has 0 aliphatic heterocycles. The monoisotopic (exact) mass is 265 g/mol. The van der Waals surface area contributed by atoms with Crippen molar-refractivity contribution < 1.29 is 0 Å². The molecule has 0 N–H and O–H groups in total. The SMILES string of the molecule is Clc1ccc(-c2ccccc2)[c]c1Br. The largest absolute Gasteiger partial charge is 0.0831 e. The van der Waals surface area contributed by atoms with E-state index in [0.717, 1.165) is 15.6 Å². The first-order chi connectivity index (χ1) is 6.77. The first-order valence-corrected chi connectivity index (χ1v) is 5.37. The third-order valence-electron chi connectivity index (χ3n) is 1.94. The fourth-order valence-electron chi connectivity index (χ4n) is 1.24. The molecule has 2 aromatic rings. The van der Waals surface area contributed by atoms with Gasteiger partial charge in [0, 0.05) is 10.5 Å². The van der Waals surface area contributed by atoms with Crippen LogP contribution in [-0.2, 0) is 0 Å². The summed E-state index contributed by atoms with van der Waals surface area (Å²) < 4.78 is 0.806. The van der Waals surface area contributed by atoms with Gasteiger partial charge in [-0.2, -0.15) is 0 Å². The molecule has 0 aliphatic carbocycles. The van der Waals surface area contributed by atoms with Gasteiger partial charge in [0.1, 0.15) is 0 Å². The second-order valence-corrected chi connectivity index (χ2v) is 4.10. The Kier molecular flexibility index (Phi) is 2.90. The lowest BCUT2D eigenvalue weighted by molar-refractivity contribution is 1.58. The van der Waals surface area contributed by atoms with Gasteiger partial charge in [0.25, 0.3) is 0 Å². The molecule has 2 aromatic carbocycles. The predicted molar refractivity (Wildman–Crippen MR) is 63.4 cm³/mol. The maximum atomic E-state index is 5.89. The Balaban J connectivity index is 2.48. The maximum absolute atomic E-state index is 5.89. The average molecular weight is 267 g/mol. The number of rotatable bonds is 1. The van der Waals surface area contributed by atoms with Crippen molar-refractivity contribution in [3.63, 3.8) is 0 Å². The zero-order valence-electron chi connectivity index (χ0n) is 7.30. The van der Waals surface area contributed by atoms with Gasteiger partial charge in [-0.15, -0.1) is 0 Å². The van der Waals surface area contributed by atoms with Gasteiger partial charge in [-0.3, -0.25) is 0 Å². The molecule has 0 atom stereocenters. The molecular weight excluding hydrogens is 259 g/mol. The molecule has 0 bridgehead atoms.